The summed E-state index contributed by atoms with van der Waals surface area (Å²) in [6, 6.07) is 2.92. The Morgan fingerprint density at radius 1 is 1.17 bits per heavy atom. The summed E-state index contributed by atoms with van der Waals surface area (Å²) in [5.74, 6) is -0.276. The lowest BCUT2D eigenvalue weighted by Gasteiger charge is -2.15. The van der Waals surface area contributed by atoms with Crippen LogP contribution in [0.1, 0.15) is 5.56 Å². The van der Waals surface area contributed by atoms with Crippen LogP contribution in [0.2, 0.25) is 0 Å². The number of sulfonamides is 1. The number of esters is 1. The van der Waals surface area contributed by atoms with E-state index in [9.17, 15) is 13.2 Å². The fourth-order valence-corrected chi connectivity index (χ4v) is 3.06. The van der Waals surface area contributed by atoms with Crippen LogP contribution in [0.4, 0.5) is 0 Å². The molecule has 8 nitrogen and oxygen atoms in total. The van der Waals surface area contributed by atoms with Crippen LogP contribution in [-0.2, 0) is 24.3 Å². The number of benzene rings is 1. The quantitative estimate of drug-likeness (QED) is 0.396. The zero-order chi connectivity index (χ0) is 18.2. The van der Waals surface area contributed by atoms with E-state index in [1.807, 2.05) is 0 Å². The summed E-state index contributed by atoms with van der Waals surface area (Å²) in [5, 5.41) is 0. The minimum absolute atomic E-state index is 0.0673. The molecule has 1 aromatic carbocycles. The van der Waals surface area contributed by atoms with Gasteiger partial charge in [0.2, 0.25) is 10.0 Å². The van der Waals surface area contributed by atoms with Gasteiger partial charge in [-0.15, -0.1) is 0 Å². The molecule has 1 rings (SSSR count). The van der Waals surface area contributed by atoms with E-state index in [2.05, 4.69) is 9.46 Å². The van der Waals surface area contributed by atoms with Crippen molar-refractivity contribution >= 4 is 22.1 Å². The molecule has 0 aliphatic rings. The van der Waals surface area contributed by atoms with Crippen molar-refractivity contribution in [2.45, 2.75) is 4.90 Å². The van der Waals surface area contributed by atoms with E-state index in [0.717, 1.165) is 0 Å². The summed E-state index contributed by atoms with van der Waals surface area (Å²) in [7, 11) is 1.59. The Hall–Kier alpha value is -2.10. The van der Waals surface area contributed by atoms with E-state index in [4.69, 9.17) is 14.2 Å². The first kappa shape index (κ1) is 19.9. The first-order chi connectivity index (χ1) is 11.4. The molecule has 1 N–H and O–H groups in total. The molecule has 134 valence electrons. The number of hydrogen-bond donors (Lipinski definition) is 1. The van der Waals surface area contributed by atoms with E-state index < -0.39 is 16.0 Å². The molecule has 0 heterocycles. The summed E-state index contributed by atoms with van der Waals surface area (Å²) < 4.78 is 47.1. The van der Waals surface area contributed by atoms with Crippen molar-refractivity contribution in [3.63, 3.8) is 0 Å². The predicted octanol–water partition coefficient (Wildman–Crippen LogP) is 0.815. The van der Waals surface area contributed by atoms with E-state index in [1.54, 1.807) is 6.07 Å². The first-order valence-electron chi connectivity index (χ1n) is 6.90. The smallest absolute Gasteiger partial charge is 0.330 e. The van der Waals surface area contributed by atoms with Crippen LogP contribution in [0.25, 0.3) is 6.08 Å². The van der Waals surface area contributed by atoms with Gasteiger partial charge in [-0.3, -0.25) is 0 Å². The number of rotatable bonds is 9. The second-order valence-corrected chi connectivity index (χ2v) is 6.24. The van der Waals surface area contributed by atoms with Crippen molar-refractivity contribution in [3.8, 4) is 11.5 Å². The van der Waals surface area contributed by atoms with Crippen LogP contribution in [0, 0.1) is 0 Å². The van der Waals surface area contributed by atoms with Crippen molar-refractivity contribution in [3.05, 3.63) is 23.8 Å². The lowest BCUT2D eigenvalue weighted by atomic mass is 10.2. The van der Waals surface area contributed by atoms with Gasteiger partial charge in [-0.25, -0.2) is 17.9 Å². The zero-order valence-corrected chi connectivity index (χ0v) is 14.8. The normalized spacial score (nSPS) is 11.5. The molecule has 0 radical (unpaired) electrons. The van der Waals surface area contributed by atoms with Gasteiger partial charge >= 0.3 is 5.97 Å². The van der Waals surface area contributed by atoms with Crippen molar-refractivity contribution in [2.75, 3.05) is 41.6 Å². The van der Waals surface area contributed by atoms with E-state index in [-0.39, 0.29) is 29.5 Å². The highest BCUT2D eigenvalue weighted by Crippen LogP contribution is 2.35. The van der Waals surface area contributed by atoms with Gasteiger partial charge < -0.3 is 18.9 Å². The van der Waals surface area contributed by atoms with Crippen LogP contribution in [0.5, 0.6) is 11.5 Å². The highest BCUT2D eigenvalue weighted by atomic mass is 32.2. The van der Waals surface area contributed by atoms with Gasteiger partial charge in [0.1, 0.15) is 4.90 Å². The Morgan fingerprint density at radius 2 is 1.88 bits per heavy atom. The average Bonchev–Trinajstić information content (AvgIpc) is 2.58. The molecule has 0 atom stereocenters. The Kier molecular flexibility index (Phi) is 7.69. The maximum atomic E-state index is 12.5. The maximum absolute atomic E-state index is 12.5. The molecule has 0 aliphatic heterocycles. The SMILES string of the molecule is COCCNS(=O)(=O)c1cc(/C=C\C(=O)OC)cc(OC)c1OC. The number of carbonyl (C=O) groups excluding carboxylic acids is 1. The van der Waals surface area contributed by atoms with E-state index in [0.29, 0.717) is 5.56 Å². The Balaban J connectivity index is 3.34. The van der Waals surface area contributed by atoms with Crippen LogP contribution in [0.15, 0.2) is 23.1 Å². The Bertz CT molecular complexity index is 698. The number of nitrogens with one attached hydrogen (secondary N) is 1. The molecule has 0 bridgehead atoms. The van der Waals surface area contributed by atoms with Gasteiger partial charge in [0.15, 0.2) is 11.5 Å². The number of carbonyl (C=O) groups is 1. The van der Waals surface area contributed by atoms with Crippen LogP contribution in [0.3, 0.4) is 0 Å². The second-order valence-electron chi connectivity index (χ2n) is 4.50. The van der Waals surface area contributed by atoms with Crippen molar-refractivity contribution < 1.29 is 32.2 Å². The summed E-state index contributed by atoms with van der Waals surface area (Å²) in [5.41, 5.74) is 0.435. The second kappa shape index (κ2) is 9.26. The van der Waals surface area contributed by atoms with Crippen LogP contribution in [-0.4, -0.2) is 56.0 Å². The lowest BCUT2D eigenvalue weighted by molar-refractivity contribution is -0.134. The van der Waals surface area contributed by atoms with Gasteiger partial charge in [0.25, 0.3) is 0 Å². The standard InChI is InChI=1S/C15H21NO7S/c1-20-8-7-16-24(18,19)13-10-11(5-6-14(17)22-3)9-12(21-2)15(13)23-4/h5-6,9-10,16H,7-8H2,1-4H3/b6-5-. The monoisotopic (exact) mass is 359 g/mol. The number of hydrogen-bond acceptors (Lipinski definition) is 7. The lowest BCUT2D eigenvalue weighted by Crippen LogP contribution is -2.27. The highest BCUT2D eigenvalue weighted by molar-refractivity contribution is 7.89. The molecule has 0 fully saturated rings. The van der Waals surface area contributed by atoms with Gasteiger partial charge in [0, 0.05) is 19.7 Å². The molecular weight excluding hydrogens is 338 g/mol. The van der Waals surface area contributed by atoms with Gasteiger partial charge in [0.05, 0.1) is 27.9 Å². The molecule has 1 aromatic rings. The third-order valence-corrected chi connectivity index (χ3v) is 4.43. The third kappa shape index (κ3) is 5.22. The molecule has 0 spiro atoms. The van der Waals surface area contributed by atoms with Crippen LogP contribution < -0.4 is 14.2 Å². The topological polar surface area (TPSA) is 100 Å². The third-order valence-electron chi connectivity index (χ3n) is 2.97. The molecule has 0 aromatic heterocycles. The molecule has 0 saturated heterocycles. The van der Waals surface area contributed by atoms with E-state index in [1.165, 1.54) is 46.7 Å². The van der Waals surface area contributed by atoms with Crippen molar-refractivity contribution in [1.82, 2.24) is 4.72 Å². The minimum atomic E-state index is -3.86. The van der Waals surface area contributed by atoms with Crippen LogP contribution >= 0.6 is 0 Å². The minimum Gasteiger partial charge on any atom is -0.493 e. The fraction of sp³-hybridized carbons (Fsp3) is 0.400. The maximum Gasteiger partial charge on any atom is 0.330 e. The molecule has 0 amide bonds. The molecule has 24 heavy (non-hydrogen) atoms. The summed E-state index contributed by atoms with van der Waals surface area (Å²) in [6.07, 6.45) is 2.60. The molecule has 0 aliphatic carbocycles. The largest absolute Gasteiger partial charge is 0.493 e. The van der Waals surface area contributed by atoms with Gasteiger partial charge in [-0.1, -0.05) is 0 Å². The fourth-order valence-electron chi connectivity index (χ4n) is 1.83. The highest BCUT2D eigenvalue weighted by Gasteiger charge is 2.23. The predicted molar refractivity (Wildman–Crippen MR) is 87.7 cm³/mol. The molecule has 9 heteroatoms. The van der Waals surface area contributed by atoms with Gasteiger partial charge in [-0.2, -0.15) is 0 Å². The van der Waals surface area contributed by atoms with Gasteiger partial charge in [-0.05, 0) is 23.8 Å². The summed E-state index contributed by atoms with van der Waals surface area (Å²) >= 11 is 0. The Morgan fingerprint density at radius 3 is 2.42 bits per heavy atom. The first-order valence-corrected chi connectivity index (χ1v) is 8.38. The Labute approximate surface area is 141 Å². The van der Waals surface area contributed by atoms with Crippen molar-refractivity contribution in [1.29, 1.82) is 0 Å². The average molecular weight is 359 g/mol. The number of ether oxygens (including phenoxy) is 4. The molecule has 0 unspecified atom stereocenters. The molecule has 0 saturated carbocycles. The van der Waals surface area contributed by atoms with Crippen molar-refractivity contribution in [2.24, 2.45) is 0 Å². The zero-order valence-electron chi connectivity index (χ0n) is 14.0. The number of methoxy groups -OCH3 is 4. The summed E-state index contributed by atoms with van der Waals surface area (Å²) in [6.45, 7) is 0.327. The van der Waals surface area contributed by atoms with E-state index >= 15 is 0 Å². The summed E-state index contributed by atoms with van der Waals surface area (Å²) in [4.78, 5) is 11.1. The molecular formula is C15H21NO7S.